The molecule has 0 unspecified atom stereocenters. The summed E-state index contributed by atoms with van der Waals surface area (Å²) in [4.78, 5) is 12.3. The number of ether oxygens (including phenoxy) is 2. The highest BCUT2D eigenvalue weighted by Gasteiger charge is 2.21. The van der Waals surface area contributed by atoms with Crippen molar-refractivity contribution in [2.75, 3.05) is 33.9 Å². The van der Waals surface area contributed by atoms with Crippen LogP contribution in [0.4, 0.5) is 0 Å². The van der Waals surface area contributed by atoms with E-state index in [4.69, 9.17) is 9.47 Å². The lowest BCUT2D eigenvalue weighted by molar-refractivity contribution is 0.0944. The van der Waals surface area contributed by atoms with Gasteiger partial charge in [-0.25, -0.2) is 8.42 Å². The monoisotopic (exact) mass is 420 g/mol. The maximum atomic E-state index is 12.7. The van der Waals surface area contributed by atoms with E-state index >= 15 is 0 Å². The number of nitrogens with zero attached hydrogens (tertiary/aromatic N) is 1. The van der Waals surface area contributed by atoms with Crippen molar-refractivity contribution in [3.05, 3.63) is 59.7 Å². The molecule has 1 amide bonds. The second-order valence-corrected chi connectivity index (χ2v) is 8.48. The van der Waals surface area contributed by atoms with Gasteiger partial charge in [-0.05, 0) is 55.3 Å². The minimum absolute atomic E-state index is 0.160. The van der Waals surface area contributed by atoms with Crippen LogP contribution in [0.3, 0.4) is 0 Å². The predicted octanol–water partition coefficient (Wildman–Crippen LogP) is 2.67. The van der Waals surface area contributed by atoms with Crippen LogP contribution in [0.2, 0.25) is 0 Å². The third-order valence-electron chi connectivity index (χ3n) is 4.34. The number of rotatable bonds is 11. The van der Waals surface area contributed by atoms with E-state index in [1.165, 1.54) is 30.6 Å². The van der Waals surface area contributed by atoms with E-state index in [0.717, 1.165) is 12.0 Å². The van der Waals surface area contributed by atoms with Crippen molar-refractivity contribution in [3.63, 3.8) is 0 Å². The van der Waals surface area contributed by atoms with Crippen LogP contribution in [0.5, 0.6) is 5.75 Å². The summed E-state index contributed by atoms with van der Waals surface area (Å²) in [6, 6.07) is 13.2. The second kappa shape index (κ2) is 10.9. The molecule has 0 fully saturated rings. The minimum atomic E-state index is -3.62. The second-order valence-electron chi connectivity index (χ2n) is 6.44. The fourth-order valence-corrected chi connectivity index (χ4v) is 3.81. The fourth-order valence-electron chi connectivity index (χ4n) is 2.65. The number of benzene rings is 2. The van der Waals surface area contributed by atoms with Gasteiger partial charge < -0.3 is 14.8 Å². The Balaban J connectivity index is 1.94. The van der Waals surface area contributed by atoms with Gasteiger partial charge in [-0.3, -0.25) is 4.79 Å². The van der Waals surface area contributed by atoms with E-state index in [2.05, 4.69) is 5.32 Å². The Hall–Kier alpha value is -2.42. The van der Waals surface area contributed by atoms with Gasteiger partial charge in [0.15, 0.2) is 0 Å². The molecule has 0 atom stereocenters. The summed E-state index contributed by atoms with van der Waals surface area (Å²) in [5.41, 5.74) is 1.32. The van der Waals surface area contributed by atoms with E-state index in [-0.39, 0.29) is 17.3 Å². The van der Waals surface area contributed by atoms with Crippen LogP contribution < -0.4 is 10.1 Å². The largest absolute Gasteiger partial charge is 0.497 e. The maximum Gasteiger partial charge on any atom is 0.251 e. The molecule has 1 N–H and O–H groups in total. The van der Waals surface area contributed by atoms with Gasteiger partial charge in [0.2, 0.25) is 10.0 Å². The van der Waals surface area contributed by atoms with Crippen LogP contribution in [-0.4, -0.2) is 52.5 Å². The summed E-state index contributed by atoms with van der Waals surface area (Å²) in [6.07, 6.45) is 0.756. The first kappa shape index (κ1) is 22.9. The van der Waals surface area contributed by atoms with Crippen molar-refractivity contribution in [3.8, 4) is 5.75 Å². The number of hydrogen-bond donors (Lipinski definition) is 1. The molecule has 8 heteroatoms. The quantitative estimate of drug-likeness (QED) is 0.565. The van der Waals surface area contributed by atoms with Crippen molar-refractivity contribution in [1.82, 2.24) is 9.62 Å². The van der Waals surface area contributed by atoms with E-state index in [0.29, 0.717) is 31.1 Å². The molecule has 0 spiro atoms. The molecule has 0 heterocycles. The number of carbonyl (C=O) groups is 1. The molecule has 0 aliphatic rings. The molecular formula is C21H28N2O5S. The third-order valence-corrected chi connectivity index (χ3v) is 6.16. The van der Waals surface area contributed by atoms with Gasteiger partial charge in [0.25, 0.3) is 5.91 Å². The van der Waals surface area contributed by atoms with Gasteiger partial charge in [0, 0.05) is 38.9 Å². The van der Waals surface area contributed by atoms with E-state index in [9.17, 15) is 13.2 Å². The summed E-state index contributed by atoms with van der Waals surface area (Å²) in [5.74, 6) is 0.436. The van der Waals surface area contributed by atoms with Gasteiger partial charge in [0.1, 0.15) is 5.75 Å². The zero-order valence-corrected chi connectivity index (χ0v) is 17.9. The van der Waals surface area contributed by atoms with E-state index in [1.807, 2.05) is 6.92 Å². The molecule has 0 saturated carbocycles. The van der Waals surface area contributed by atoms with Gasteiger partial charge in [-0.2, -0.15) is 4.31 Å². The maximum absolute atomic E-state index is 12.7. The fraction of sp³-hybridized carbons (Fsp3) is 0.381. The molecule has 29 heavy (non-hydrogen) atoms. The normalized spacial score (nSPS) is 11.4. The molecule has 2 aromatic carbocycles. The minimum Gasteiger partial charge on any atom is -0.497 e. The molecule has 0 aromatic heterocycles. The Bertz CT molecular complexity index is 880. The summed E-state index contributed by atoms with van der Waals surface area (Å²) in [6.45, 7) is 3.95. The molecular weight excluding hydrogens is 392 g/mol. The zero-order valence-electron chi connectivity index (χ0n) is 17.1. The van der Waals surface area contributed by atoms with Crippen LogP contribution in [0.15, 0.2) is 53.4 Å². The molecule has 0 aliphatic heterocycles. The summed E-state index contributed by atoms with van der Waals surface area (Å²) >= 11 is 0. The lowest BCUT2D eigenvalue weighted by Crippen LogP contribution is -2.27. The Kier molecular flexibility index (Phi) is 8.63. The Morgan fingerprint density at radius 2 is 1.72 bits per heavy atom. The molecule has 2 rings (SSSR count). The van der Waals surface area contributed by atoms with Crippen molar-refractivity contribution in [1.29, 1.82) is 0 Å². The number of carbonyl (C=O) groups excluding carboxylic acids is 1. The topological polar surface area (TPSA) is 84.9 Å². The lowest BCUT2D eigenvalue weighted by Gasteiger charge is -2.17. The summed E-state index contributed by atoms with van der Waals surface area (Å²) in [5, 5.41) is 2.84. The van der Waals surface area contributed by atoms with Gasteiger partial charge in [0.05, 0.1) is 12.0 Å². The van der Waals surface area contributed by atoms with Crippen LogP contribution in [0.1, 0.15) is 29.3 Å². The zero-order chi connectivity index (χ0) is 21.3. The van der Waals surface area contributed by atoms with Crippen LogP contribution in [0.25, 0.3) is 0 Å². The molecule has 2 aromatic rings. The highest BCUT2D eigenvalue weighted by Crippen LogP contribution is 2.20. The van der Waals surface area contributed by atoms with Crippen LogP contribution in [-0.2, 0) is 21.3 Å². The number of methoxy groups -OCH3 is 1. The average molecular weight is 421 g/mol. The number of nitrogens with one attached hydrogen (secondary N) is 1. The van der Waals surface area contributed by atoms with Crippen LogP contribution >= 0.6 is 0 Å². The average Bonchev–Trinajstić information content (AvgIpc) is 2.74. The van der Waals surface area contributed by atoms with E-state index < -0.39 is 10.0 Å². The first-order chi connectivity index (χ1) is 13.9. The first-order valence-electron chi connectivity index (χ1n) is 9.43. The standard InChI is InChI=1S/C21H28N2O5S/c1-4-28-15-5-14-22-21(24)18-8-6-17(7-9-18)16-23(2)29(25,26)20-12-10-19(27-3)11-13-20/h6-13H,4-5,14-16H2,1-3H3,(H,22,24). The Morgan fingerprint density at radius 1 is 1.07 bits per heavy atom. The third kappa shape index (κ3) is 6.56. The predicted molar refractivity (Wildman–Crippen MR) is 112 cm³/mol. The summed E-state index contributed by atoms with van der Waals surface area (Å²) < 4.78 is 37.0. The number of sulfonamides is 1. The number of amides is 1. The van der Waals surface area contributed by atoms with Gasteiger partial charge >= 0.3 is 0 Å². The summed E-state index contributed by atoms with van der Waals surface area (Å²) in [7, 11) is -0.567. The molecule has 7 nitrogen and oxygen atoms in total. The van der Waals surface area contributed by atoms with Gasteiger partial charge in [-0.15, -0.1) is 0 Å². The highest BCUT2D eigenvalue weighted by molar-refractivity contribution is 7.89. The molecule has 0 radical (unpaired) electrons. The molecule has 0 bridgehead atoms. The number of hydrogen-bond acceptors (Lipinski definition) is 5. The SMILES string of the molecule is CCOCCCNC(=O)c1ccc(CN(C)S(=O)(=O)c2ccc(OC)cc2)cc1. The first-order valence-corrected chi connectivity index (χ1v) is 10.9. The van der Waals surface area contributed by atoms with Crippen LogP contribution in [0, 0.1) is 0 Å². The highest BCUT2D eigenvalue weighted by atomic mass is 32.2. The molecule has 158 valence electrons. The van der Waals surface area contributed by atoms with Crippen molar-refractivity contribution < 1.29 is 22.7 Å². The van der Waals surface area contributed by atoms with E-state index in [1.54, 1.807) is 36.4 Å². The van der Waals surface area contributed by atoms with Gasteiger partial charge in [-0.1, -0.05) is 12.1 Å². The van der Waals surface area contributed by atoms with Crippen molar-refractivity contribution >= 4 is 15.9 Å². The lowest BCUT2D eigenvalue weighted by atomic mass is 10.1. The Labute approximate surface area is 172 Å². The van der Waals surface area contributed by atoms with Crippen molar-refractivity contribution in [2.45, 2.75) is 24.8 Å². The smallest absolute Gasteiger partial charge is 0.251 e. The Morgan fingerprint density at radius 3 is 2.31 bits per heavy atom. The molecule has 0 saturated heterocycles. The molecule has 0 aliphatic carbocycles. The van der Waals surface area contributed by atoms with Crippen molar-refractivity contribution in [2.24, 2.45) is 0 Å².